The van der Waals surface area contributed by atoms with Crippen LogP contribution in [-0.2, 0) is 5.41 Å². The number of nitrogens with one attached hydrogen (secondary N) is 1. The first kappa shape index (κ1) is 11.5. The largest absolute Gasteiger partial charge is 0.368 e. The van der Waals surface area contributed by atoms with Crippen molar-refractivity contribution in [3.63, 3.8) is 0 Å². The molecule has 3 nitrogen and oxygen atoms in total. The number of halogens is 1. The molecule has 1 heterocycles. The molecule has 1 fully saturated rings. The summed E-state index contributed by atoms with van der Waals surface area (Å²) >= 11 is 5.81. The fourth-order valence-corrected chi connectivity index (χ4v) is 2.34. The van der Waals surface area contributed by atoms with Crippen LogP contribution in [0.25, 0.3) is 0 Å². The number of hydrogen-bond donors (Lipinski definition) is 1. The van der Waals surface area contributed by atoms with Crippen molar-refractivity contribution in [1.29, 1.82) is 0 Å². The topological polar surface area (TPSA) is 37.8 Å². The quantitative estimate of drug-likeness (QED) is 0.916. The van der Waals surface area contributed by atoms with Gasteiger partial charge in [0, 0.05) is 12.0 Å². The van der Waals surface area contributed by atoms with Crippen LogP contribution in [0.15, 0.2) is 42.7 Å². The van der Waals surface area contributed by atoms with Gasteiger partial charge in [-0.15, -0.1) is 0 Å². The predicted octanol–water partition coefficient (Wildman–Crippen LogP) is 3.27. The summed E-state index contributed by atoms with van der Waals surface area (Å²) in [6.07, 6.45) is 5.68. The molecule has 0 spiro atoms. The lowest BCUT2D eigenvalue weighted by atomic mass is 9.96. The summed E-state index contributed by atoms with van der Waals surface area (Å²) in [5, 5.41) is 3.75. The van der Waals surface area contributed by atoms with Gasteiger partial charge in [0.1, 0.15) is 11.0 Å². The number of aromatic nitrogens is 2. The van der Waals surface area contributed by atoms with E-state index >= 15 is 0 Å². The monoisotopic (exact) mass is 259 g/mol. The Bertz CT molecular complexity index is 538. The molecule has 0 amide bonds. The van der Waals surface area contributed by atoms with E-state index in [2.05, 4.69) is 45.6 Å². The van der Waals surface area contributed by atoms with Crippen molar-refractivity contribution in [2.75, 3.05) is 11.9 Å². The second-order valence-corrected chi connectivity index (χ2v) is 5.11. The van der Waals surface area contributed by atoms with E-state index in [4.69, 9.17) is 11.6 Å². The van der Waals surface area contributed by atoms with Crippen molar-refractivity contribution < 1.29 is 0 Å². The van der Waals surface area contributed by atoms with Crippen LogP contribution in [0, 0.1) is 0 Å². The molecule has 0 aliphatic heterocycles. The molecule has 0 atom stereocenters. The molecule has 0 saturated heterocycles. The highest BCUT2D eigenvalue weighted by atomic mass is 35.5. The van der Waals surface area contributed by atoms with Gasteiger partial charge in [0.2, 0.25) is 0 Å². The Hall–Kier alpha value is -1.61. The van der Waals surface area contributed by atoms with E-state index in [1.54, 1.807) is 6.20 Å². The van der Waals surface area contributed by atoms with Crippen molar-refractivity contribution in [2.45, 2.75) is 18.3 Å². The van der Waals surface area contributed by atoms with Gasteiger partial charge in [0.05, 0.1) is 12.4 Å². The van der Waals surface area contributed by atoms with Crippen molar-refractivity contribution >= 4 is 17.4 Å². The van der Waals surface area contributed by atoms with Crippen LogP contribution in [-0.4, -0.2) is 16.5 Å². The molecule has 1 aromatic carbocycles. The number of anilines is 1. The van der Waals surface area contributed by atoms with Gasteiger partial charge in [-0.05, 0) is 18.4 Å². The normalized spacial score (nSPS) is 16.3. The Labute approximate surface area is 111 Å². The Morgan fingerprint density at radius 1 is 1.17 bits per heavy atom. The van der Waals surface area contributed by atoms with E-state index in [0.29, 0.717) is 5.15 Å². The van der Waals surface area contributed by atoms with E-state index in [1.807, 2.05) is 0 Å². The van der Waals surface area contributed by atoms with E-state index < -0.39 is 0 Å². The van der Waals surface area contributed by atoms with Crippen molar-refractivity contribution in [1.82, 2.24) is 9.97 Å². The zero-order valence-corrected chi connectivity index (χ0v) is 10.7. The summed E-state index contributed by atoms with van der Waals surface area (Å²) in [6.45, 7) is 0.881. The maximum absolute atomic E-state index is 5.81. The lowest BCUT2D eigenvalue weighted by Crippen LogP contribution is -2.20. The second-order valence-electron chi connectivity index (χ2n) is 4.73. The summed E-state index contributed by atoms with van der Waals surface area (Å²) in [5.41, 5.74) is 1.66. The summed E-state index contributed by atoms with van der Waals surface area (Å²) in [5.74, 6) is 0.740. The molecule has 1 aliphatic carbocycles. The summed E-state index contributed by atoms with van der Waals surface area (Å²) in [6, 6.07) is 10.6. The summed E-state index contributed by atoms with van der Waals surface area (Å²) in [4.78, 5) is 8.21. The molecule has 4 heteroatoms. The molecule has 1 aliphatic rings. The smallest absolute Gasteiger partial charge is 0.149 e. The fourth-order valence-electron chi connectivity index (χ4n) is 2.20. The number of hydrogen-bond acceptors (Lipinski definition) is 3. The predicted molar refractivity (Wildman–Crippen MR) is 72.9 cm³/mol. The Kier molecular flexibility index (Phi) is 2.92. The molecule has 3 rings (SSSR count). The van der Waals surface area contributed by atoms with Crippen molar-refractivity contribution in [3.8, 4) is 0 Å². The maximum Gasteiger partial charge on any atom is 0.149 e. The lowest BCUT2D eigenvalue weighted by Gasteiger charge is -2.16. The molecule has 0 bridgehead atoms. The van der Waals surface area contributed by atoms with Crippen LogP contribution in [0.5, 0.6) is 0 Å². The van der Waals surface area contributed by atoms with Crippen LogP contribution in [0.2, 0.25) is 5.15 Å². The highest BCUT2D eigenvalue weighted by Gasteiger charge is 2.43. The Balaban J connectivity index is 1.71. The van der Waals surface area contributed by atoms with Gasteiger partial charge in [-0.3, -0.25) is 4.98 Å². The lowest BCUT2D eigenvalue weighted by molar-refractivity contribution is 0.730. The van der Waals surface area contributed by atoms with E-state index in [1.165, 1.54) is 24.6 Å². The fraction of sp³-hybridized carbons (Fsp3) is 0.286. The zero-order chi connectivity index (χ0) is 12.4. The Morgan fingerprint density at radius 2 is 1.94 bits per heavy atom. The molecule has 92 valence electrons. The van der Waals surface area contributed by atoms with Crippen molar-refractivity contribution in [2.24, 2.45) is 0 Å². The van der Waals surface area contributed by atoms with Crippen LogP contribution < -0.4 is 5.32 Å². The minimum atomic E-state index is 0.269. The van der Waals surface area contributed by atoms with Gasteiger partial charge in [-0.1, -0.05) is 41.9 Å². The number of nitrogens with zero attached hydrogens (tertiary/aromatic N) is 2. The van der Waals surface area contributed by atoms with Crippen LogP contribution >= 0.6 is 11.6 Å². The van der Waals surface area contributed by atoms with Gasteiger partial charge in [0.15, 0.2) is 0 Å². The average Bonchev–Trinajstić information content (AvgIpc) is 3.19. The third-order valence-corrected chi connectivity index (χ3v) is 3.63. The summed E-state index contributed by atoms with van der Waals surface area (Å²) in [7, 11) is 0. The SMILES string of the molecule is Clc1cncc(NCC2(c3ccccc3)CC2)n1. The van der Waals surface area contributed by atoms with E-state index in [9.17, 15) is 0 Å². The van der Waals surface area contributed by atoms with Crippen LogP contribution in [0.3, 0.4) is 0 Å². The third kappa shape index (κ3) is 2.31. The van der Waals surface area contributed by atoms with Crippen LogP contribution in [0.1, 0.15) is 18.4 Å². The molecule has 1 aromatic heterocycles. The molecule has 1 N–H and O–H groups in total. The standard InChI is InChI=1S/C14H14ClN3/c15-12-8-16-9-13(18-12)17-10-14(6-7-14)11-4-2-1-3-5-11/h1-5,8-9H,6-7,10H2,(H,17,18). The highest BCUT2D eigenvalue weighted by molar-refractivity contribution is 6.29. The first-order valence-electron chi connectivity index (χ1n) is 6.05. The Morgan fingerprint density at radius 3 is 2.61 bits per heavy atom. The summed E-state index contributed by atoms with van der Waals surface area (Å²) < 4.78 is 0. The minimum absolute atomic E-state index is 0.269. The molecule has 0 radical (unpaired) electrons. The third-order valence-electron chi connectivity index (χ3n) is 3.45. The first-order valence-corrected chi connectivity index (χ1v) is 6.43. The zero-order valence-electron chi connectivity index (χ0n) is 9.94. The van der Waals surface area contributed by atoms with Gasteiger partial charge < -0.3 is 5.32 Å². The highest BCUT2D eigenvalue weighted by Crippen LogP contribution is 2.47. The van der Waals surface area contributed by atoms with Gasteiger partial charge in [-0.2, -0.15) is 0 Å². The number of rotatable bonds is 4. The molecule has 18 heavy (non-hydrogen) atoms. The molecule has 0 unspecified atom stereocenters. The number of benzene rings is 1. The van der Waals surface area contributed by atoms with E-state index in [-0.39, 0.29) is 5.41 Å². The molecule has 2 aromatic rings. The van der Waals surface area contributed by atoms with E-state index in [0.717, 1.165) is 12.4 Å². The van der Waals surface area contributed by atoms with Crippen LogP contribution in [0.4, 0.5) is 5.82 Å². The molecular weight excluding hydrogens is 246 g/mol. The maximum atomic E-state index is 5.81. The minimum Gasteiger partial charge on any atom is -0.368 e. The van der Waals surface area contributed by atoms with Gasteiger partial charge in [0.25, 0.3) is 0 Å². The first-order chi connectivity index (χ1) is 8.78. The van der Waals surface area contributed by atoms with Gasteiger partial charge in [-0.25, -0.2) is 4.98 Å². The second kappa shape index (κ2) is 4.58. The average molecular weight is 260 g/mol. The van der Waals surface area contributed by atoms with Gasteiger partial charge >= 0.3 is 0 Å². The molecular formula is C14H14ClN3. The van der Waals surface area contributed by atoms with Crippen molar-refractivity contribution in [3.05, 3.63) is 53.4 Å². The molecule has 1 saturated carbocycles.